The van der Waals surface area contributed by atoms with Crippen LogP contribution in [0.15, 0.2) is 18.5 Å². The Morgan fingerprint density at radius 1 is 1.27 bits per heavy atom. The van der Waals surface area contributed by atoms with Crippen molar-refractivity contribution in [2.45, 2.75) is 75.9 Å². The van der Waals surface area contributed by atoms with Crippen LogP contribution >= 0.6 is 0 Å². The standard InChI is InChI=1S/C18H23F3N2O3/c1-16(2,3)26-15(24)23-11-4-5-12(23)9-17(25,8-11)14-10-22-7-6-13(14)18(19,20)21/h6-7,10-12,25H,4-5,8-9H2,1-3H3. The average Bonchev–Trinajstić information content (AvgIpc) is 2.78. The first kappa shape index (κ1) is 18.9. The average molecular weight is 372 g/mol. The second kappa shape index (κ2) is 6.11. The molecule has 2 fully saturated rings. The highest BCUT2D eigenvalue weighted by molar-refractivity contribution is 5.70. The van der Waals surface area contributed by atoms with E-state index >= 15 is 0 Å². The molecular formula is C18H23F3N2O3. The predicted molar refractivity (Wildman–Crippen MR) is 87.3 cm³/mol. The van der Waals surface area contributed by atoms with Crippen LogP contribution in [0.2, 0.25) is 0 Å². The second-order valence-corrected chi connectivity index (χ2v) is 8.13. The lowest BCUT2D eigenvalue weighted by Crippen LogP contribution is -2.53. The first-order valence-electron chi connectivity index (χ1n) is 8.66. The number of nitrogens with zero attached hydrogens (tertiary/aromatic N) is 2. The molecule has 1 amide bonds. The van der Waals surface area contributed by atoms with Gasteiger partial charge in [0.05, 0.1) is 11.2 Å². The van der Waals surface area contributed by atoms with E-state index in [9.17, 15) is 23.1 Å². The molecule has 3 rings (SSSR count). The van der Waals surface area contributed by atoms with E-state index in [1.807, 2.05) is 0 Å². The zero-order chi connectivity index (χ0) is 19.3. The molecule has 2 aliphatic heterocycles. The number of rotatable bonds is 1. The molecule has 0 spiro atoms. The normalized spacial score (nSPS) is 29.0. The van der Waals surface area contributed by atoms with E-state index < -0.39 is 29.0 Å². The highest BCUT2D eigenvalue weighted by atomic mass is 19.4. The van der Waals surface area contributed by atoms with Crippen LogP contribution in [0.4, 0.5) is 18.0 Å². The van der Waals surface area contributed by atoms with E-state index in [2.05, 4.69) is 4.98 Å². The first-order chi connectivity index (χ1) is 11.9. The lowest BCUT2D eigenvalue weighted by molar-refractivity contribution is -0.143. The number of carbonyl (C=O) groups is 1. The van der Waals surface area contributed by atoms with Crippen LogP contribution in [-0.2, 0) is 16.5 Å². The summed E-state index contributed by atoms with van der Waals surface area (Å²) in [7, 11) is 0. The summed E-state index contributed by atoms with van der Waals surface area (Å²) in [5, 5.41) is 11.1. The van der Waals surface area contributed by atoms with Crippen LogP contribution in [-0.4, -0.2) is 38.8 Å². The smallest absolute Gasteiger partial charge is 0.416 e. The SMILES string of the molecule is CC(C)(C)OC(=O)N1C2CCC1CC(O)(c1cnccc1C(F)(F)F)C2. The molecule has 0 aliphatic carbocycles. The quantitative estimate of drug-likeness (QED) is 0.813. The Kier molecular flexibility index (Phi) is 4.45. The summed E-state index contributed by atoms with van der Waals surface area (Å²) in [6.45, 7) is 5.29. The maximum atomic E-state index is 13.4. The van der Waals surface area contributed by atoms with E-state index in [0.29, 0.717) is 12.8 Å². The molecule has 1 aromatic heterocycles. The molecule has 2 aliphatic rings. The zero-order valence-corrected chi connectivity index (χ0v) is 15.0. The number of carbonyl (C=O) groups excluding carboxylic acids is 1. The summed E-state index contributed by atoms with van der Waals surface area (Å²) < 4.78 is 45.5. The van der Waals surface area contributed by atoms with E-state index in [1.165, 1.54) is 0 Å². The molecule has 2 bridgehead atoms. The van der Waals surface area contributed by atoms with Crippen LogP contribution < -0.4 is 0 Å². The number of alkyl halides is 3. The molecule has 2 atom stereocenters. The third kappa shape index (κ3) is 3.51. The molecule has 1 N–H and O–H groups in total. The predicted octanol–water partition coefficient (Wildman–Crippen LogP) is 3.85. The molecule has 3 heterocycles. The van der Waals surface area contributed by atoms with Crippen molar-refractivity contribution in [3.8, 4) is 0 Å². The Hall–Kier alpha value is -1.83. The van der Waals surface area contributed by atoms with Gasteiger partial charge >= 0.3 is 12.3 Å². The Balaban J connectivity index is 1.88. The molecule has 26 heavy (non-hydrogen) atoms. The van der Waals surface area contributed by atoms with Gasteiger partial charge in [-0.2, -0.15) is 13.2 Å². The largest absolute Gasteiger partial charge is 0.444 e. The van der Waals surface area contributed by atoms with Crippen molar-refractivity contribution in [2.24, 2.45) is 0 Å². The van der Waals surface area contributed by atoms with Gasteiger partial charge in [-0.1, -0.05) is 0 Å². The number of aromatic nitrogens is 1. The molecule has 0 saturated carbocycles. The van der Waals surface area contributed by atoms with Crippen molar-refractivity contribution in [1.29, 1.82) is 0 Å². The minimum atomic E-state index is -4.57. The van der Waals surface area contributed by atoms with Gasteiger partial charge in [0.25, 0.3) is 0 Å². The minimum absolute atomic E-state index is 0.0392. The van der Waals surface area contributed by atoms with Crippen LogP contribution in [0.5, 0.6) is 0 Å². The molecule has 1 aromatic rings. The summed E-state index contributed by atoms with van der Waals surface area (Å²) in [6.07, 6.45) is -1.55. The van der Waals surface area contributed by atoms with Gasteiger partial charge < -0.3 is 14.7 Å². The van der Waals surface area contributed by atoms with Crippen molar-refractivity contribution >= 4 is 6.09 Å². The molecule has 0 radical (unpaired) electrons. The number of aliphatic hydroxyl groups is 1. The monoisotopic (exact) mass is 372 g/mol. The van der Waals surface area contributed by atoms with Gasteiger partial charge in [0.2, 0.25) is 0 Å². The highest BCUT2D eigenvalue weighted by Crippen LogP contribution is 2.48. The number of pyridine rings is 1. The Morgan fingerprint density at radius 3 is 2.35 bits per heavy atom. The minimum Gasteiger partial charge on any atom is -0.444 e. The van der Waals surface area contributed by atoms with Gasteiger partial charge in [-0.25, -0.2) is 4.79 Å². The van der Waals surface area contributed by atoms with Crippen molar-refractivity contribution in [3.05, 3.63) is 29.6 Å². The Morgan fingerprint density at radius 2 is 1.85 bits per heavy atom. The molecule has 0 aromatic carbocycles. The number of hydrogen-bond acceptors (Lipinski definition) is 4. The van der Waals surface area contributed by atoms with Crippen LogP contribution in [0.1, 0.15) is 57.6 Å². The fraction of sp³-hybridized carbons (Fsp3) is 0.667. The third-order valence-electron chi connectivity index (χ3n) is 5.00. The fourth-order valence-electron chi connectivity index (χ4n) is 4.07. The molecule has 144 valence electrons. The molecule has 8 heteroatoms. The lowest BCUT2D eigenvalue weighted by Gasteiger charge is -2.44. The molecule has 2 unspecified atom stereocenters. The van der Waals surface area contributed by atoms with Crippen molar-refractivity contribution in [2.75, 3.05) is 0 Å². The number of halogens is 3. The third-order valence-corrected chi connectivity index (χ3v) is 5.00. The molecule has 2 saturated heterocycles. The van der Waals surface area contributed by atoms with Gasteiger partial charge in [0.1, 0.15) is 5.60 Å². The van der Waals surface area contributed by atoms with E-state index in [-0.39, 0.29) is 30.5 Å². The van der Waals surface area contributed by atoms with E-state index in [0.717, 1.165) is 18.5 Å². The Labute approximate surface area is 150 Å². The van der Waals surface area contributed by atoms with Gasteiger partial charge in [-0.3, -0.25) is 4.98 Å². The summed E-state index contributed by atoms with van der Waals surface area (Å²) in [5.41, 5.74) is -3.41. The van der Waals surface area contributed by atoms with Crippen LogP contribution in [0.25, 0.3) is 0 Å². The number of amides is 1. The zero-order valence-electron chi connectivity index (χ0n) is 15.0. The Bertz CT molecular complexity index is 686. The maximum absolute atomic E-state index is 13.4. The molecule has 5 nitrogen and oxygen atoms in total. The van der Waals surface area contributed by atoms with Crippen molar-refractivity contribution in [3.63, 3.8) is 0 Å². The van der Waals surface area contributed by atoms with Crippen molar-refractivity contribution in [1.82, 2.24) is 9.88 Å². The summed E-state index contributed by atoms with van der Waals surface area (Å²) >= 11 is 0. The van der Waals surface area contributed by atoms with Crippen LogP contribution in [0, 0.1) is 0 Å². The maximum Gasteiger partial charge on any atom is 0.416 e. The van der Waals surface area contributed by atoms with Crippen molar-refractivity contribution < 1.29 is 27.8 Å². The first-order valence-corrected chi connectivity index (χ1v) is 8.66. The number of piperidine rings is 1. The second-order valence-electron chi connectivity index (χ2n) is 8.13. The number of ether oxygens (including phenoxy) is 1. The summed E-state index contributed by atoms with van der Waals surface area (Å²) in [6, 6.07) is 0.180. The number of fused-ring (bicyclic) bond motifs is 2. The lowest BCUT2D eigenvalue weighted by atomic mass is 9.79. The number of hydrogen-bond donors (Lipinski definition) is 1. The van der Waals surface area contributed by atoms with Gasteiger partial charge in [-0.15, -0.1) is 0 Å². The van der Waals surface area contributed by atoms with E-state index in [1.54, 1.807) is 25.7 Å². The van der Waals surface area contributed by atoms with Crippen LogP contribution in [0.3, 0.4) is 0 Å². The van der Waals surface area contributed by atoms with Gasteiger partial charge in [0, 0.05) is 42.9 Å². The summed E-state index contributed by atoms with van der Waals surface area (Å²) in [4.78, 5) is 17.9. The van der Waals surface area contributed by atoms with E-state index in [4.69, 9.17) is 4.74 Å². The van der Waals surface area contributed by atoms with Gasteiger partial charge in [0.15, 0.2) is 0 Å². The molecular weight excluding hydrogens is 349 g/mol. The fourth-order valence-corrected chi connectivity index (χ4v) is 4.07. The topological polar surface area (TPSA) is 62.7 Å². The highest BCUT2D eigenvalue weighted by Gasteiger charge is 2.53. The summed E-state index contributed by atoms with van der Waals surface area (Å²) in [5.74, 6) is 0. The van der Waals surface area contributed by atoms with Gasteiger partial charge in [-0.05, 0) is 39.7 Å².